The number of rotatable bonds is 5. The zero-order valence-electron chi connectivity index (χ0n) is 10.2. The lowest BCUT2D eigenvalue weighted by atomic mass is 10.2. The van der Waals surface area contributed by atoms with Crippen molar-refractivity contribution in [3.8, 4) is 5.75 Å². The van der Waals surface area contributed by atoms with Gasteiger partial charge in [-0.15, -0.1) is 0 Å². The Hall–Kier alpha value is -1.27. The molecule has 0 bridgehead atoms. The first kappa shape index (κ1) is 13.8. The van der Waals surface area contributed by atoms with Crippen molar-refractivity contribution in [1.29, 1.82) is 0 Å². The van der Waals surface area contributed by atoms with Gasteiger partial charge in [0.05, 0.1) is 5.69 Å². The molecule has 0 fully saturated rings. The topological polar surface area (TPSA) is 78.4 Å². The smallest absolute Gasteiger partial charge is 0.299 e. The number of phenolic OH excluding ortho intramolecular Hbond substituents is 1. The number of aromatic hydroxyl groups is 1. The minimum Gasteiger partial charge on any atom is -0.508 e. The number of hydrogen-bond acceptors (Lipinski definition) is 3. The van der Waals surface area contributed by atoms with E-state index < -0.39 is 10.2 Å². The van der Waals surface area contributed by atoms with Crippen LogP contribution in [0.5, 0.6) is 5.75 Å². The molecule has 1 aromatic carbocycles. The molecule has 3 N–H and O–H groups in total. The highest BCUT2D eigenvalue weighted by Gasteiger charge is 2.12. The van der Waals surface area contributed by atoms with Crippen LogP contribution >= 0.6 is 0 Å². The average Bonchev–Trinajstić information content (AvgIpc) is 2.22. The van der Waals surface area contributed by atoms with Gasteiger partial charge in [-0.2, -0.15) is 13.1 Å². The minimum atomic E-state index is -3.58. The molecule has 96 valence electrons. The van der Waals surface area contributed by atoms with E-state index in [4.69, 9.17) is 0 Å². The summed E-state index contributed by atoms with van der Waals surface area (Å²) in [7, 11) is -3.58. The Morgan fingerprint density at radius 3 is 2.59 bits per heavy atom. The Kier molecular flexibility index (Phi) is 4.36. The normalized spacial score (nSPS) is 11.8. The summed E-state index contributed by atoms with van der Waals surface area (Å²) in [5.74, 6) is 0.297. The fourth-order valence-electron chi connectivity index (χ4n) is 1.19. The van der Waals surface area contributed by atoms with E-state index in [-0.39, 0.29) is 11.7 Å². The highest BCUT2D eigenvalue weighted by Crippen LogP contribution is 2.24. The average molecular weight is 258 g/mol. The SMILES string of the molecule is Cc1c(O)cccc1NS(=O)(=O)NCC(C)C. The third kappa shape index (κ3) is 4.24. The summed E-state index contributed by atoms with van der Waals surface area (Å²) in [5.41, 5.74) is 0.878. The van der Waals surface area contributed by atoms with Gasteiger partial charge in [-0.25, -0.2) is 0 Å². The third-order valence-corrected chi connectivity index (χ3v) is 3.27. The number of anilines is 1. The van der Waals surface area contributed by atoms with Gasteiger partial charge in [0.2, 0.25) is 0 Å². The molecule has 0 unspecified atom stereocenters. The molecule has 0 heterocycles. The van der Waals surface area contributed by atoms with Crippen molar-refractivity contribution < 1.29 is 13.5 Å². The molecule has 0 amide bonds. The van der Waals surface area contributed by atoms with Gasteiger partial charge in [-0.1, -0.05) is 19.9 Å². The lowest BCUT2D eigenvalue weighted by Gasteiger charge is -2.13. The van der Waals surface area contributed by atoms with Crippen molar-refractivity contribution in [3.05, 3.63) is 23.8 Å². The largest absolute Gasteiger partial charge is 0.508 e. The molecule has 0 saturated carbocycles. The summed E-state index contributed by atoms with van der Waals surface area (Å²) in [6.07, 6.45) is 0. The Morgan fingerprint density at radius 2 is 2.00 bits per heavy atom. The van der Waals surface area contributed by atoms with E-state index in [1.54, 1.807) is 19.1 Å². The van der Waals surface area contributed by atoms with E-state index in [9.17, 15) is 13.5 Å². The Balaban J connectivity index is 2.80. The first-order valence-electron chi connectivity index (χ1n) is 5.38. The van der Waals surface area contributed by atoms with Gasteiger partial charge in [0.25, 0.3) is 10.2 Å². The van der Waals surface area contributed by atoms with Crippen LogP contribution in [0.2, 0.25) is 0 Å². The van der Waals surface area contributed by atoms with Gasteiger partial charge in [0.15, 0.2) is 0 Å². The van der Waals surface area contributed by atoms with Gasteiger partial charge >= 0.3 is 0 Å². The second-order valence-corrected chi connectivity index (χ2v) is 5.80. The van der Waals surface area contributed by atoms with Crippen LogP contribution in [0.25, 0.3) is 0 Å². The first-order chi connectivity index (χ1) is 7.82. The minimum absolute atomic E-state index is 0.0639. The number of benzene rings is 1. The molecule has 0 aliphatic carbocycles. The summed E-state index contributed by atoms with van der Waals surface area (Å²) in [4.78, 5) is 0. The van der Waals surface area contributed by atoms with Crippen molar-refractivity contribution in [3.63, 3.8) is 0 Å². The van der Waals surface area contributed by atoms with Crippen molar-refractivity contribution >= 4 is 15.9 Å². The molecular formula is C11H18N2O3S. The molecule has 0 atom stereocenters. The van der Waals surface area contributed by atoms with Crippen molar-refractivity contribution in [2.45, 2.75) is 20.8 Å². The van der Waals surface area contributed by atoms with E-state index in [0.29, 0.717) is 17.8 Å². The summed E-state index contributed by atoms with van der Waals surface area (Å²) in [6.45, 7) is 5.85. The highest BCUT2D eigenvalue weighted by atomic mass is 32.2. The van der Waals surface area contributed by atoms with Crippen LogP contribution in [-0.4, -0.2) is 20.1 Å². The predicted octanol–water partition coefficient (Wildman–Crippen LogP) is 1.60. The first-order valence-corrected chi connectivity index (χ1v) is 6.86. The van der Waals surface area contributed by atoms with Gasteiger partial charge in [0.1, 0.15) is 5.75 Å². The van der Waals surface area contributed by atoms with Crippen LogP contribution < -0.4 is 9.44 Å². The summed E-state index contributed by atoms with van der Waals surface area (Å²) >= 11 is 0. The zero-order valence-corrected chi connectivity index (χ0v) is 11.0. The summed E-state index contributed by atoms with van der Waals surface area (Å²) in [6, 6.07) is 4.70. The molecule has 0 aliphatic heterocycles. The van der Waals surface area contributed by atoms with E-state index in [1.807, 2.05) is 13.8 Å². The lowest BCUT2D eigenvalue weighted by Crippen LogP contribution is -2.33. The van der Waals surface area contributed by atoms with Crippen LogP contribution in [0, 0.1) is 12.8 Å². The van der Waals surface area contributed by atoms with Crippen LogP contribution in [0.4, 0.5) is 5.69 Å². The molecule has 17 heavy (non-hydrogen) atoms. The van der Waals surface area contributed by atoms with Gasteiger partial charge in [-0.3, -0.25) is 4.72 Å². The standard InChI is InChI=1S/C11H18N2O3S/c1-8(2)7-12-17(15,16)13-10-5-4-6-11(14)9(10)3/h4-6,8,12-14H,7H2,1-3H3. The second kappa shape index (κ2) is 5.37. The maximum atomic E-state index is 11.7. The molecular weight excluding hydrogens is 240 g/mol. The second-order valence-electron chi connectivity index (χ2n) is 4.30. The number of hydrogen-bond donors (Lipinski definition) is 3. The molecule has 0 aliphatic rings. The third-order valence-electron chi connectivity index (χ3n) is 2.23. The Morgan fingerprint density at radius 1 is 1.35 bits per heavy atom. The predicted molar refractivity (Wildman–Crippen MR) is 68.2 cm³/mol. The summed E-state index contributed by atoms with van der Waals surface area (Å²) in [5, 5.41) is 9.46. The number of phenols is 1. The molecule has 0 saturated heterocycles. The van der Waals surface area contributed by atoms with E-state index >= 15 is 0 Å². The van der Waals surface area contributed by atoms with Crippen LogP contribution in [0.3, 0.4) is 0 Å². The monoisotopic (exact) mass is 258 g/mol. The van der Waals surface area contributed by atoms with Crippen molar-refractivity contribution in [1.82, 2.24) is 4.72 Å². The van der Waals surface area contributed by atoms with Crippen LogP contribution in [-0.2, 0) is 10.2 Å². The van der Waals surface area contributed by atoms with Gasteiger partial charge in [0, 0.05) is 12.1 Å². The summed E-state index contributed by atoms with van der Waals surface area (Å²) < 4.78 is 28.1. The van der Waals surface area contributed by atoms with Gasteiger partial charge in [-0.05, 0) is 25.0 Å². The molecule has 1 rings (SSSR count). The van der Waals surface area contributed by atoms with Gasteiger partial charge < -0.3 is 5.11 Å². The van der Waals surface area contributed by atoms with Crippen molar-refractivity contribution in [2.24, 2.45) is 5.92 Å². The Bertz CT molecular complexity index is 483. The van der Waals surface area contributed by atoms with E-state index in [1.165, 1.54) is 6.07 Å². The molecule has 6 heteroatoms. The molecule has 5 nitrogen and oxygen atoms in total. The quantitative estimate of drug-likeness (QED) is 0.750. The number of nitrogens with one attached hydrogen (secondary N) is 2. The molecule has 0 radical (unpaired) electrons. The zero-order chi connectivity index (χ0) is 13.1. The molecule has 0 aromatic heterocycles. The molecule has 1 aromatic rings. The Labute approximate surface area is 102 Å². The fraction of sp³-hybridized carbons (Fsp3) is 0.455. The maximum absolute atomic E-state index is 11.7. The van der Waals surface area contributed by atoms with E-state index in [0.717, 1.165) is 0 Å². The maximum Gasteiger partial charge on any atom is 0.299 e. The fourth-order valence-corrected chi connectivity index (χ4v) is 2.33. The van der Waals surface area contributed by atoms with E-state index in [2.05, 4.69) is 9.44 Å². The highest BCUT2D eigenvalue weighted by molar-refractivity contribution is 7.90. The van der Waals surface area contributed by atoms with Crippen LogP contribution in [0.15, 0.2) is 18.2 Å². The molecule has 0 spiro atoms. The van der Waals surface area contributed by atoms with Crippen LogP contribution in [0.1, 0.15) is 19.4 Å². The lowest BCUT2D eigenvalue weighted by molar-refractivity contribution is 0.471. The van der Waals surface area contributed by atoms with Crippen molar-refractivity contribution in [2.75, 3.05) is 11.3 Å².